The minimum atomic E-state index is -4.90. The minimum absolute atomic E-state index is 0.0493. The van der Waals surface area contributed by atoms with E-state index in [0.29, 0.717) is 0 Å². The van der Waals surface area contributed by atoms with Gasteiger partial charge >= 0.3 is 6.18 Å². The van der Waals surface area contributed by atoms with Crippen LogP contribution in [0.25, 0.3) is 0 Å². The highest BCUT2D eigenvalue weighted by Gasteiger charge is 2.63. The number of carbonyl (C=O) groups excluding carboxylic acids is 1. The molecule has 0 aliphatic carbocycles. The van der Waals surface area contributed by atoms with Crippen molar-refractivity contribution in [3.05, 3.63) is 71.8 Å². The molecule has 0 aromatic heterocycles. The van der Waals surface area contributed by atoms with Gasteiger partial charge in [-0.2, -0.15) is 13.2 Å². The summed E-state index contributed by atoms with van der Waals surface area (Å²) in [7, 11) is 2.23. The number of halogens is 3. The van der Waals surface area contributed by atoms with Crippen LogP contribution in [0.5, 0.6) is 0 Å². The maximum atomic E-state index is 13.8. The molecule has 2 rings (SSSR count). The van der Waals surface area contributed by atoms with Crippen LogP contribution >= 0.6 is 0 Å². The van der Waals surface area contributed by atoms with E-state index in [1.165, 1.54) is 31.3 Å². The largest absolute Gasteiger partial charge is 0.430 e. The highest BCUT2D eigenvalue weighted by molar-refractivity contribution is 5.87. The second-order valence-electron chi connectivity index (χ2n) is 5.40. The lowest BCUT2D eigenvalue weighted by Crippen LogP contribution is -2.55. The van der Waals surface area contributed by atoms with Gasteiger partial charge in [0.05, 0.1) is 0 Å². The van der Waals surface area contributed by atoms with Crippen LogP contribution in [-0.2, 0) is 21.7 Å². The molecule has 0 N–H and O–H groups in total. The molecule has 0 saturated heterocycles. The maximum Gasteiger partial charge on any atom is 0.430 e. The Morgan fingerprint density at radius 1 is 1.00 bits per heavy atom. The van der Waals surface area contributed by atoms with E-state index in [9.17, 15) is 18.0 Å². The Balaban J connectivity index is 2.42. The molecule has 1 atom stereocenters. The molecular weight excluding hydrogens is 319 g/mol. The third-order valence-corrected chi connectivity index (χ3v) is 3.80. The van der Waals surface area contributed by atoms with E-state index in [1.54, 1.807) is 36.4 Å². The van der Waals surface area contributed by atoms with Crippen molar-refractivity contribution in [1.82, 2.24) is 4.90 Å². The first-order valence-corrected chi connectivity index (χ1v) is 7.30. The molecule has 0 aliphatic rings. The molecule has 0 saturated carbocycles. The van der Waals surface area contributed by atoms with Crippen molar-refractivity contribution in [2.24, 2.45) is 0 Å². The summed E-state index contributed by atoms with van der Waals surface area (Å²) < 4.78 is 46.3. The average Bonchev–Trinajstić information content (AvgIpc) is 2.56. The quantitative estimate of drug-likeness (QED) is 0.832. The van der Waals surface area contributed by atoms with Crippen LogP contribution in [0.15, 0.2) is 60.7 Å². The lowest BCUT2D eigenvalue weighted by molar-refractivity contribution is -0.270. The molecule has 2 aromatic rings. The summed E-state index contributed by atoms with van der Waals surface area (Å²) in [4.78, 5) is 13.8. The number of methoxy groups -OCH3 is 1. The number of ether oxygens (including phenoxy) is 1. The molecular formula is C18H18F3NO2. The van der Waals surface area contributed by atoms with Gasteiger partial charge in [-0.05, 0) is 5.56 Å². The van der Waals surface area contributed by atoms with Gasteiger partial charge < -0.3 is 9.64 Å². The molecule has 3 nitrogen and oxygen atoms in total. The van der Waals surface area contributed by atoms with Crippen molar-refractivity contribution >= 4 is 5.91 Å². The molecule has 2 aromatic carbocycles. The first kappa shape index (κ1) is 18.0. The second kappa shape index (κ2) is 7.05. The number of carbonyl (C=O) groups is 1. The van der Waals surface area contributed by atoms with Crippen molar-refractivity contribution in [3.63, 3.8) is 0 Å². The summed E-state index contributed by atoms with van der Waals surface area (Å²) in [6.07, 6.45) is -4.90. The van der Waals surface area contributed by atoms with Crippen LogP contribution < -0.4 is 0 Å². The smallest absolute Gasteiger partial charge is 0.356 e. The Morgan fingerprint density at radius 2 is 1.50 bits per heavy atom. The number of hydrogen-bond acceptors (Lipinski definition) is 2. The lowest BCUT2D eigenvalue weighted by Gasteiger charge is -2.36. The lowest BCUT2D eigenvalue weighted by atomic mass is 9.91. The van der Waals surface area contributed by atoms with E-state index in [2.05, 4.69) is 0 Å². The van der Waals surface area contributed by atoms with Crippen LogP contribution in [0.3, 0.4) is 0 Å². The van der Waals surface area contributed by atoms with Crippen LogP contribution in [-0.4, -0.2) is 31.1 Å². The van der Waals surface area contributed by atoms with Gasteiger partial charge in [0.1, 0.15) is 0 Å². The van der Waals surface area contributed by atoms with Gasteiger partial charge in [0.25, 0.3) is 11.5 Å². The van der Waals surface area contributed by atoms with Gasteiger partial charge in [0, 0.05) is 26.3 Å². The second-order valence-corrected chi connectivity index (χ2v) is 5.40. The summed E-state index contributed by atoms with van der Waals surface area (Å²) >= 11 is 0. The summed E-state index contributed by atoms with van der Waals surface area (Å²) in [5.41, 5.74) is -2.55. The topological polar surface area (TPSA) is 29.5 Å². The number of alkyl halides is 3. The Kier molecular flexibility index (Phi) is 5.29. The van der Waals surface area contributed by atoms with E-state index < -0.39 is 17.7 Å². The van der Waals surface area contributed by atoms with Crippen molar-refractivity contribution in [2.75, 3.05) is 14.2 Å². The normalized spacial score (nSPS) is 14.0. The number of hydrogen-bond donors (Lipinski definition) is 0. The van der Waals surface area contributed by atoms with Crippen molar-refractivity contribution < 1.29 is 22.7 Å². The number of likely N-dealkylation sites (N-methyl/N-ethyl adjacent to an activating group) is 1. The number of nitrogens with zero attached hydrogens (tertiary/aromatic N) is 1. The highest BCUT2D eigenvalue weighted by Crippen LogP contribution is 2.43. The summed E-state index contributed by atoms with van der Waals surface area (Å²) in [6.45, 7) is 0.0493. The van der Waals surface area contributed by atoms with Gasteiger partial charge in [0.15, 0.2) is 0 Å². The zero-order valence-electron chi connectivity index (χ0n) is 13.4. The third kappa shape index (κ3) is 3.28. The number of benzene rings is 2. The summed E-state index contributed by atoms with van der Waals surface area (Å²) in [5.74, 6) is -1.16. The van der Waals surface area contributed by atoms with Crippen LogP contribution in [0, 0.1) is 0 Å². The molecule has 0 bridgehead atoms. The predicted molar refractivity (Wildman–Crippen MR) is 84.1 cm³/mol. The first-order chi connectivity index (χ1) is 11.3. The Hall–Kier alpha value is -2.34. The Bertz CT molecular complexity index is 674. The van der Waals surface area contributed by atoms with Gasteiger partial charge in [0.2, 0.25) is 0 Å². The molecule has 24 heavy (non-hydrogen) atoms. The van der Waals surface area contributed by atoms with E-state index in [4.69, 9.17) is 4.74 Å². The van der Waals surface area contributed by atoms with Gasteiger partial charge in [-0.1, -0.05) is 60.7 Å². The summed E-state index contributed by atoms with van der Waals surface area (Å²) in [5, 5.41) is 0. The molecule has 1 amide bonds. The van der Waals surface area contributed by atoms with Gasteiger partial charge in [-0.3, -0.25) is 4.79 Å². The molecule has 0 fully saturated rings. The minimum Gasteiger partial charge on any atom is -0.356 e. The fourth-order valence-electron chi connectivity index (χ4n) is 2.60. The zero-order chi connectivity index (χ0) is 17.8. The van der Waals surface area contributed by atoms with E-state index in [1.807, 2.05) is 0 Å². The Labute approximate surface area is 138 Å². The van der Waals surface area contributed by atoms with Crippen LogP contribution in [0.1, 0.15) is 11.1 Å². The van der Waals surface area contributed by atoms with E-state index in [0.717, 1.165) is 17.6 Å². The molecule has 0 radical (unpaired) electrons. The Morgan fingerprint density at radius 3 is 1.96 bits per heavy atom. The molecule has 0 spiro atoms. The molecule has 0 unspecified atom stereocenters. The fraction of sp³-hybridized carbons (Fsp3) is 0.278. The van der Waals surface area contributed by atoms with Crippen molar-refractivity contribution in [2.45, 2.75) is 18.3 Å². The van der Waals surface area contributed by atoms with Crippen LogP contribution in [0.2, 0.25) is 0 Å². The first-order valence-electron chi connectivity index (χ1n) is 7.30. The van der Waals surface area contributed by atoms with Crippen LogP contribution in [0.4, 0.5) is 13.2 Å². The number of rotatable bonds is 5. The zero-order valence-corrected chi connectivity index (χ0v) is 13.4. The van der Waals surface area contributed by atoms with E-state index in [-0.39, 0.29) is 12.1 Å². The van der Waals surface area contributed by atoms with Crippen molar-refractivity contribution in [1.29, 1.82) is 0 Å². The average molecular weight is 337 g/mol. The van der Waals surface area contributed by atoms with Gasteiger partial charge in [-0.15, -0.1) is 0 Å². The predicted octanol–water partition coefficient (Wildman–Crippen LogP) is 3.75. The van der Waals surface area contributed by atoms with Gasteiger partial charge in [-0.25, -0.2) is 0 Å². The molecule has 0 heterocycles. The molecule has 6 heteroatoms. The maximum absolute atomic E-state index is 13.8. The molecule has 128 valence electrons. The SMILES string of the molecule is CO[C@@](C(=O)N(C)Cc1ccccc1)(c1ccccc1)C(F)(F)F. The monoisotopic (exact) mass is 337 g/mol. The third-order valence-electron chi connectivity index (χ3n) is 3.80. The standard InChI is InChI=1S/C18H18F3NO2/c1-22(13-14-9-5-3-6-10-14)16(23)17(24-2,18(19,20)21)15-11-7-4-8-12-15/h3-12H,13H2,1-2H3/t17-/m1/s1. The molecule has 0 aliphatic heterocycles. The fourth-order valence-corrected chi connectivity index (χ4v) is 2.60. The van der Waals surface area contributed by atoms with E-state index >= 15 is 0 Å². The van der Waals surface area contributed by atoms with Crippen molar-refractivity contribution in [3.8, 4) is 0 Å². The number of amides is 1. The highest BCUT2D eigenvalue weighted by atomic mass is 19.4. The summed E-state index contributed by atoms with van der Waals surface area (Å²) in [6, 6.07) is 15.8.